The Kier molecular flexibility index (Phi) is 5.74. The molecule has 146 valence electrons. The Labute approximate surface area is 167 Å². The lowest BCUT2D eigenvalue weighted by Gasteiger charge is -2.11. The quantitative estimate of drug-likeness (QED) is 0.535. The highest BCUT2D eigenvalue weighted by molar-refractivity contribution is 6.01. The number of benzene rings is 1. The SMILES string of the molecule is CCNC(=O)/C(C#N)=C/c1c(Oc2ccc(C)cc2)nc2c(C)cccn2c1=O. The molecule has 1 N–H and O–H groups in total. The molecule has 2 aromatic heterocycles. The Morgan fingerprint density at radius 3 is 2.66 bits per heavy atom. The van der Waals surface area contributed by atoms with Crippen molar-refractivity contribution in [1.82, 2.24) is 14.7 Å². The smallest absolute Gasteiger partial charge is 0.269 e. The van der Waals surface area contributed by atoms with E-state index in [0.29, 0.717) is 17.9 Å². The minimum Gasteiger partial charge on any atom is -0.438 e. The van der Waals surface area contributed by atoms with E-state index in [4.69, 9.17) is 4.74 Å². The molecule has 0 fully saturated rings. The minimum atomic E-state index is -0.565. The van der Waals surface area contributed by atoms with Crippen molar-refractivity contribution in [3.63, 3.8) is 0 Å². The molecule has 1 aromatic carbocycles. The van der Waals surface area contributed by atoms with Gasteiger partial charge in [0.1, 0.15) is 28.6 Å². The molecule has 3 aromatic rings. The molecule has 29 heavy (non-hydrogen) atoms. The average Bonchev–Trinajstić information content (AvgIpc) is 2.70. The fraction of sp³-hybridized carbons (Fsp3) is 0.182. The molecule has 0 unspecified atom stereocenters. The highest BCUT2D eigenvalue weighted by Crippen LogP contribution is 2.25. The summed E-state index contributed by atoms with van der Waals surface area (Å²) in [5.74, 6) is -0.0400. The molecule has 1 amide bonds. The first-order valence-electron chi connectivity index (χ1n) is 9.11. The van der Waals surface area contributed by atoms with Crippen molar-refractivity contribution in [2.75, 3.05) is 6.54 Å². The summed E-state index contributed by atoms with van der Waals surface area (Å²) in [6, 6.07) is 12.7. The van der Waals surface area contributed by atoms with Gasteiger partial charge in [0.2, 0.25) is 5.88 Å². The van der Waals surface area contributed by atoms with Crippen LogP contribution in [0.1, 0.15) is 23.6 Å². The minimum absolute atomic E-state index is 0.0245. The predicted octanol–water partition coefficient (Wildman–Crippen LogP) is 3.15. The second kappa shape index (κ2) is 8.40. The molecule has 0 aliphatic heterocycles. The number of aromatic nitrogens is 2. The highest BCUT2D eigenvalue weighted by atomic mass is 16.5. The van der Waals surface area contributed by atoms with Gasteiger partial charge in [-0.15, -0.1) is 0 Å². The predicted molar refractivity (Wildman–Crippen MR) is 110 cm³/mol. The van der Waals surface area contributed by atoms with Crippen LogP contribution >= 0.6 is 0 Å². The third kappa shape index (κ3) is 4.17. The van der Waals surface area contributed by atoms with Crippen molar-refractivity contribution < 1.29 is 9.53 Å². The monoisotopic (exact) mass is 388 g/mol. The number of aryl methyl sites for hydroxylation is 2. The standard InChI is InChI=1S/C22H20N4O3/c1-4-24-20(27)16(13-23)12-18-21(29-17-9-7-14(2)8-10-17)25-19-15(3)6-5-11-26(19)22(18)28/h5-12H,4H2,1-3H3,(H,24,27)/b16-12+. The number of likely N-dealkylation sites (N-methyl/N-ethyl adjacent to an activating group) is 1. The molecular weight excluding hydrogens is 368 g/mol. The molecule has 7 nitrogen and oxygen atoms in total. The van der Waals surface area contributed by atoms with Crippen LogP contribution < -0.4 is 15.6 Å². The van der Waals surface area contributed by atoms with Crippen LogP contribution in [0.5, 0.6) is 11.6 Å². The topological polar surface area (TPSA) is 96.5 Å². The van der Waals surface area contributed by atoms with Gasteiger partial charge in [0.15, 0.2) is 0 Å². The van der Waals surface area contributed by atoms with Gasteiger partial charge < -0.3 is 10.1 Å². The normalized spacial score (nSPS) is 11.2. The number of hydrogen-bond donors (Lipinski definition) is 1. The van der Waals surface area contributed by atoms with Crippen LogP contribution in [-0.4, -0.2) is 21.8 Å². The van der Waals surface area contributed by atoms with Crippen LogP contribution in [-0.2, 0) is 4.79 Å². The van der Waals surface area contributed by atoms with E-state index in [1.807, 2.05) is 38.1 Å². The van der Waals surface area contributed by atoms with Gasteiger partial charge in [-0.1, -0.05) is 23.8 Å². The molecule has 2 heterocycles. The summed E-state index contributed by atoms with van der Waals surface area (Å²) in [6.07, 6.45) is 2.81. The molecule has 0 saturated heterocycles. The van der Waals surface area contributed by atoms with Crippen LogP contribution in [0.25, 0.3) is 11.7 Å². The number of nitrogens with one attached hydrogen (secondary N) is 1. The molecule has 7 heteroatoms. The fourth-order valence-corrected chi connectivity index (χ4v) is 2.76. The van der Waals surface area contributed by atoms with E-state index >= 15 is 0 Å². The van der Waals surface area contributed by atoms with Gasteiger partial charge >= 0.3 is 0 Å². The van der Waals surface area contributed by atoms with E-state index in [-0.39, 0.29) is 17.0 Å². The van der Waals surface area contributed by atoms with Crippen molar-refractivity contribution in [3.8, 4) is 17.7 Å². The molecule has 3 rings (SSSR count). The van der Waals surface area contributed by atoms with Crippen LogP contribution in [0.2, 0.25) is 0 Å². The first-order chi connectivity index (χ1) is 13.9. The number of fused-ring (bicyclic) bond motifs is 1. The number of amides is 1. The van der Waals surface area contributed by atoms with Gasteiger partial charge in [-0.05, 0) is 50.6 Å². The Morgan fingerprint density at radius 2 is 2.00 bits per heavy atom. The van der Waals surface area contributed by atoms with Crippen molar-refractivity contribution in [1.29, 1.82) is 5.26 Å². The van der Waals surface area contributed by atoms with Gasteiger partial charge in [-0.25, -0.2) is 0 Å². The Bertz CT molecular complexity index is 1200. The molecule has 0 atom stereocenters. The van der Waals surface area contributed by atoms with Crippen molar-refractivity contribution in [3.05, 3.63) is 75.2 Å². The first-order valence-corrected chi connectivity index (χ1v) is 9.11. The maximum absolute atomic E-state index is 13.1. The number of nitrogens with zero attached hydrogens (tertiary/aromatic N) is 3. The van der Waals surface area contributed by atoms with Crippen LogP contribution in [0, 0.1) is 25.2 Å². The maximum atomic E-state index is 13.1. The number of rotatable bonds is 5. The van der Waals surface area contributed by atoms with E-state index in [1.54, 1.807) is 31.3 Å². The largest absolute Gasteiger partial charge is 0.438 e. The van der Waals surface area contributed by atoms with Crippen LogP contribution in [0.15, 0.2) is 53.0 Å². The summed E-state index contributed by atoms with van der Waals surface area (Å²) in [5.41, 5.74) is 1.68. The summed E-state index contributed by atoms with van der Waals surface area (Å²) in [5, 5.41) is 12.0. The average molecular weight is 388 g/mol. The number of ether oxygens (including phenoxy) is 1. The van der Waals surface area contributed by atoms with Crippen molar-refractivity contribution in [2.45, 2.75) is 20.8 Å². The summed E-state index contributed by atoms with van der Waals surface area (Å²) in [7, 11) is 0. The molecule has 0 bridgehead atoms. The lowest BCUT2D eigenvalue weighted by atomic mass is 10.1. The van der Waals surface area contributed by atoms with Gasteiger partial charge in [0.25, 0.3) is 11.5 Å². The Hall–Kier alpha value is -3.92. The number of pyridine rings is 1. The number of carbonyl (C=O) groups excluding carboxylic acids is 1. The Morgan fingerprint density at radius 1 is 1.28 bits per heavy atom. The summed E-state index contributed by atoms with van der Waals surface area (Å²) < 4.78 is 7.25. The Balaban J connectivity index is 2.24. The van der Waals surface area contributed by atoms with Gasteiger partial charge in [0.05, 0.1) is 0 Å². The molecule has 0 radical (unpaired) electrons. The molecular formula is C22H20N4O3. The molecule has 0 aliphatic carbocycles. The van der Waals surface area contributed by atoms with E-state index < -0.39 is 11.5 Å². The summed E-state index contributed by atoms with van der Waals surface area (Å²) in [6.45, 7) is 5.89. The van der Waals surface area contributed by atoms with E-state index in [9.17, 15) is 14.9 Å². The van der Waals surface area contributed by atoms with E-state index in [2.05, 4.69) is 10.3 Å². The van der Waals surface area contributed by atoms with Crippen molar-refractivity contribution >= 4 is 17.6 Å². The molecule has 0 saturated carbocycles. The van der Waals surface area contributed by atoms with Crippen LogP contribution in [0.4, 0.5) is 0 Å². The maximum Gasteiger partial charge on any atom is 0.269 e. The molecule has 0 aliphatic rings. The number of hydrogen-bond acceptors (Lipinski definition) is 5. The second-order valence-corrected chi connectivity index (χ2v) is 6.46. The summed E-state index contributed by atoms with van der Waals surface area (Å²) in [4.78, 5) is 29.8. The van der Waals surface area contributed by atoms with Gasteiger partial charge in [0, 0.05) is 12.7 Å². The van der Waals surface area contributed by atoms with Gasteiger partial charge in [-0.2, -0.15) is 10.2 Å². The fourth-order valence-electron chi connectivity index (χ4n) is 2.76. The highest BCUT2D eigenvalue weighted by Gasteiger charge is 2.17. The number of nitriles is 1. The third-order valence-electron chi connectivity index (χ3n) is 4.28. The summed E-state index contributed by atoms with van der Waals surface area (Å²) >= 11 is 0. The zero-order valence-corrected chi connectivity index (χ0v) is 16.4. The van der Waals surface area contributed by atoms with Crippen LogP contribution in [0.3, 0.4) is 0 Å². The lowest BCUT2D eigenvalue weighted by Crippen LogP contribution is -2.25. The van der Waals surface area contributed by atoms with E-state index in [1.165, 1.54) is 10.5 Å². The van der Waals surface area contributed by atoms with Crippen molar-refractivity contribution in [2.24, 2.45) is 0 Å². The second-order valence-electron chi connectivity index (χ2n) is 6.46. The third-order valence-corrected chi connectivity index (χ3v) is 4.28. The van der Waals surface area contributed by atoms with E-state index in [0.717, 1.165) is 11.1 Å². The zero-order valence-electron chi connectivity index (χ0n) is 16.4. The first kappa shape index (κ1) is 19.8. The lowest BCUT2D eigenvalue weighted by molar-refractivity contribution is -0.116. The van der Waals surface area contributed by atoms with Gasteiger partial charge in [-0.3, -0.25) is 14.0 Å². The molecule has 0 spiro atoms. The number of carbonyl (C=O) groups is 1. The zero-order chi connectivity index (χ0) is 21.0.